The lowest BCUT2D eigenvalue weighted by atomic mass is 10.1. The molecule has 0 atom stereocenters. The van der Waals surface area contributed by atoms with Crippen LogP contribution in [-0.2, 0) is 9.59 Å². The van der Waals surface area contributed by atoms with E-state index in [1.165, 1.54) is 6.08 Å². The number of carbonyl (C=O) groups excluding carboxylic acids is 1. The topological polar surface area (TPSA) is 99.4 Å². The van der Waals surface area contributed by atoms with Crippen LogP contribution in [0.4, 0.5) is 5.69 Å². The molecule has 2 rings (SSSR count). The average molecular weight is 588 g/mol. The lowest BCUT2D eigenvalue weighted by Gasteiger charge is -2.10. The van der Waals surface area contributed by atoms with Crippen LogP contribution < -0.4 is 10.1 Å². The van der Waals surface area contributed by atoms with Gasteiger partial charge in [0.05, 0.1) is 7.14 Å². The third-order valence-electron chi connectivity index (χ3n) is 3.35. The van der Waals surface area contributed by atoms with Gasteiger partial charge in [0.2, 0.25) is 0 Å². The molecule has 0 saturated heterocycles. The van der Waals surface area contributed by atoms with Gasteiger partial charge in [0.25, 0.3) is 5.91 Å². The number of nitrogens with one attached hydrogen (secondary N) is 1. The number of ether oxygens (including phenoxy) is 1. The molecule has 0 aliphatic heterocycles. The quantitative estimate of drug-likeness (QED) is 0.300. The van der Waals surface area contributed by atoms with Gasteiger partial charge in [-0.2, -0.15) is 5.26 Å². The maximum atomic E-state index is 12.4. The van der Waals surface area contributed by atoms with E-state index < -0.39 is 18.5 Å². The minimum atomic E-state index is -1.06. The normalized spacial score (nSPS) is 10.8. The number of benzene rings is 2. The molecule has 0 spiro atoms. The van der Waals surface area contributed by atoms with Crippen molar-refractivity contribution in [2.45, 2.75) is 6.92 Å². The van der Waals surface area contributed by atoms with E-state index >= 15 is 0 Å². The Kier molecular flexibility index (Phi) is 7.61. The number of hydrogen-bond acceptors (Lipinski definition) is 4. The number of anilines is 1. The van der Waals surface area contributed by atoms with E-state index in [-0.39, 0.29) is 5.57 Å². The summed E-state index contributed by atoms with van der Waals surface area (Å²) in [5, 5.41) is 20.8. The zero-order valence-corrected chi connectivity index (χ0v) is 18.4. The SMILES string of the molecule is Cc1ccc(NC(=O)/C(C#N)=C\c2cc(I)c(OCC(=O)O)c(I)c2)cc1. The van der Waals surface area contributed by atoms with Crippen LogP contribution in [-0.4, -0.2) is 23.6 Å². The van der Waals surface area contributed by atoms with Crippen LogP contribution in [0.3, 0.4) is 0 Å². The number of carboxylic acids is 1. The van der Waals surface area contributed by atoms with Crippen LogP contribution in [0, 0.1) is 25.4 Å². The zero-order chi connectivity index (χ0) is 20.0. The molecule has 2 N–H and O–H groups in total. The number of aryl methyl sites for hydroxylation is 1. The second-order valence-corrected chi connectivity index (χ2v) is 7.81. The highest BCUT2D eigenvalue weighted by atomic mass is 127. The number of nitrogens with zero attached hydrogens (tertiary/aromatic N) is 1. The summed E-state index contributed by atoms with van der Waals surface area (Å²) in [6.07, 6.45) is 1.48. The van der Waals surface area contributed by atoms with Crippen molar-refractivity contribution in [2.24, 2.45) is 0 Å². The smallest absolute Gasteiger partial charge is 0.341 e. The van der Waals surface area contributed by atoms with Crippen molar-refractivity contribution >= 4 is 68.8 Å². The van der Waals surface area contributed by atoms with Gasteiger partial charge in [-0.3, -0.25) is 4.79 Å². The number of carbonyl (C=O) groups is 2. The third kappa shape index (κ3) is 6.21. The molecular formula is C19H14I2N2O4. The fourth-order valence-electron chi connectivity index (χ4n) is 2.09. The average Bonchev–Trinajstić information content (AvgIpc) is 2.60. The summed E-state index contributed by atoms with van der Waals surface area (Å²) in [5.41, 5.74) is 2.27. The number of amides is 1. The van der Waals surface area contributed by atoms with Gasteiger partial charge in [0.15, 0.2) is 6.61 Å². The van der Waals surface area contributed by atoms with Gasteiger partial charge in [-0.15, -0.1) is 0 Å². The monoisotopic (exact) mass is 588 g/mol. The largest absolute Gasteiger partial charge is 0.480 e. The molecule has 0 heterocycles. The predicted molar refractivity (Wildman–Crippen MR) is 118 cm³/mol. The van der Waals surface area contributed by atoms with Gasteiger partial charge >= 0.3 is 5.97 Å². The molecule has 0 aliphatic carbocycles. The molecule has 138 valence electrons. The molecule has 27 heavy (non-hydrogen) atoms. The Hall–Kier alpha value is -2.13. The standard InChI is InChI=1S/C19H14I2N2O4/c1-11-2-4-14(5-3-11)23-19(26)13(9-22)6-12-7-15(20)18(16(21)8-12)27-10-17(24)25/h2-8H,10H2,1H3,(H,23,26)(H,24,25)/b13-6-. The Morgan fingerprint density at radius 2 is 1.81 bits per heavy atom. The maximum absolute atomic E-state index is 12.4. The molecular weight excluding hydrogens is 574 g/mol. The summed E-state index contributed by atoms with van der Waals surface area (Å²) < 4.78 is 6.64. The highest BCUT2D eigenvalue weighted by Gasteiger charge is 2.13. The second-order valence-electron chi connectivity index (χ2n) is 5.49. The van der Waals surface area contributed by atoms with Gasteiger partial charge in [-0.05, 0) is 88.0 Å². The van der Waals surface area contributed by atoms with Crippen LogP contribution in [0.25, 0.3) is 6.08 Å². The predicted octanol–water partition coefficient (Wildman–Crippen LogP) is 4.21. The molecule has 2 aromatic rings. The van der Waals surface area contributed by atoms with Crippen molar-refractivity contribution < 1.29 is 19.4 Å². The molecule has 0 unspecified atom stereocenters. The van der Waals surface area contributed by atoms with E-state index in [1.54, 1.807) is 24.3 Å². The Labute approximate surface area is 183 Å². The molecule has 0 radical (unpaired) electrons. The van der Waals surface area contributed by atoms with Gasteiger partial charge < -0.3 is 15.2 Å². The maximum Gasteiger partial charge on any atom is 0.341 e. The highest BCUT2D eigenvalue weighted by Crippen LogP contribution is 2.30. The highest BCUT2D eigenvalue weighted by molar-refractivity contribution is 14.1. The van der Waals surface area contributed by atoms with Crippen molar-refractivity contribution in [2.75, 3.05) is 11.9 Å². The van der Waals surface area contributed by atoms with E-state index in [0.717, 1.165) is 5.56 Å². The van der Waals surface area contributed by atoms with Gasteiger partial charge in [-0.1, -0.05) is 17.7 Å². The van der Waals surface area contributed by atoms with Gasteiger partial charge in [0, 0.05) is 5.69 Å². The molecule has 0 aliphatic rings. The number of halogens is 2. The minimum absolute atomic E-state index is 0.0404. The summed E-state index contributed by atoms with van der Waals surface area (Å²) >= 11 is 4.04. The fraction of sp³-hybridized carbons (Fsp3) is 0.105. The van der Waals surface area contributed by atoms with E-state index in [9.17, 15) is 14.9 Å². The summed E-state index contributed by atoms with van der Waals surface area (Å²) in [4.78, 5) is 23.0. The number of rotatable bonds is 6. The first-order valence-corrected chi connectivity index (χ1v) is 9.79. The van der Waals surface area contributed by atoms with E-state index in [1.807, 2.05) is 70.3 Å². The number of carboxylic acid groups (broad SMARTS) is 1. The van der Waals surface area contributed by atoms with Gasteiger partial charge in [0.1, 0.15) is 17.4 Å². The first kappa shape index (κ1) is 21.2. The van der Waals surface area contributed by atoms with Gasteiger partial charge in [-0.25, -0.2) is 4.79 Å². The van der Waals surface area contributed by atoms with Crippen LogP contribution in [0.2, 0.25) is 0 Å². The molecule has 0 aromatic heterocycles. The summed E-state index contributed by atoms with van der Waals surface area (Å²) in [7, 11) is 0. The molecule has 2 aromatic carbocycles. The Balaban J connectivity index is 2.23. The molecule has 0 bridgehead atoms. The van der Waals surface area contributed by atoms with E-state index in [4.69, 9.17) is 9.84 Å². The first-order chi connectivity index (χ1) is 12.8. The molecule has 8 heteroatoms. The van der Waals surface area contributed by atoms with Crippen LogP contribution in [0.1, 0.15) is 11.1 Å². The molecule has 0 saturated carbocycles. The Bertz CT molecular complexity index is 924. The zero-order valence-electron chi connectivity index (χ0n) is 14.1. The van der Waals surface area contributed by atoms with Crippen molar-refractivity contribution in [3.05, 3.63) is 60.2 Å². The van der Waals surface area contributed by atoms with Crippen LogP contribution >= 0.6 is 45.2 Å². The number of nitriles is 1. The Morgan fingerprint density at radius 3 is 2.33 bits per heavy atom. The number of hydrogen-bond donors (Lipinski definition) is 2. The van der Waals surface area contributed by atoms with Crippen molar-refractivity contribution in [3.8, 4) is 11.8 Å². The molecule has 1 amide bonds. The molecule has 6 nitrogen and oxygen atoms in total. The first-order valence-electron chi connectivity index (χ1n) is 7.63. The summed E-state index contributed by atoms with van der Waals surface area (Å²) in [6, 6.07) is 12.6. The molecule has 0 fully saturated rings. The summed E-state index contributed by atoms with van der Waals surface area (Å²) in [5.74, 6) is -1.11. The van der Waals surface area contributed by atoms with Crippen molar-refractivity contribution in [3.63, 3.8) is 0 Å². The number of aliphatic carboxylic acids is 1. The van der Waals surface area contributed by atoms with Crippen molar-refractivity contribution in [1.82, 2.24) is 0 Å². The van der Waals surface area contributed by atoms with Crippen LogP contribution in [0.5, 0.6) is 5.75 Å². The van der Waals surface area contributed by atoms with Crippen LogP contribution in [0.15, 0.2) is 42.0 Å². The minimum Gasteiger partial charge on any atom is -0.480 e. The lowest BCUT2D eigenvalue weighted by Crippen LogP contribution is -2.13. The Morgan fingerprint density at radius 1 is 1.22 bits per heavy atom. The fourth-order valence-corrected chi connectivity index (χ4v) is 4.21. The van der Waals surface area contributed by atoms with E-state index in [2.05, 4.69) is 5.32 Å². The summed E-state index contributed by atoms with van der Waals surface area (Å²) in [6.45, 7) is 1.50. The van der Waals surface area contributed by atoms with Crippen molar-refractivity contribution in [1.29, 1.82) is 5.26 Å². The third-order valence-corrected chi connectivity index (χ3v) is 4.95. The second kappa shape index (κ2) is 9.70. The lowest BCUT2D eigenvalue weighted by molar-refractivity contribution is -0.139. The van der Waals surface area contributed by atoms with E-state index in [0.29, 0.717) is 24.1 Å².